The molecule has 0 unspecified atom stereocenters. The number of thioether (sulfide) groups is 1. The second kappa shape index (κ2) is 6.60. The molecule has 2 rings (SSSR count). The van der Waals surface area contributed by atoms with E-state index in [9.17, 15) is 4.79 Å². The van der Waals surface area contributed by atoms with E-state index in [1.165, 1.54) is 39.9 Å². The molecule has 1 saturated heterocycles. The first kappa shape index (κ1) is 13.2. The van der Waals surface area contributed by atoms with E-state index in [4.69, 9.17) is 0 Å². The first-order valence-corrected chi connectivity index (χ1v) is 8.05. The van der Waals surface area contributed by atoms with Crippen LogP contribution in [0.4, 0.5) is 0 Å². The second-order valence-corrected chi connectivity index (χ2v) is 6.53. The van der Waals surface area contributed by atoms with E-state index in [1.54, 1.807) is 0 Å². The van der Waals surface area contributed by atoms with Crippen molar-refractivity contribution in [2.24, 2.45) is 0 Å². The molecular formula is C14H17BrOS. The van der Waals surface area contributed by atoms with Gasteiger partial charge < -0.3 is 4.79 Å². The van der Waals surface area contributed by atoms with Gasteiger partial charge in [0.1, 0.15) is 6.29 Å². The molecule has 0 aromatic heterocycles. The van der Waals surface area contributed by atoms with Gasteiger partial charge in [-0.3, -0.25) is 0 Å². The predicted octanol–water partition coefficient (Wildman–Crippen LogP) is 4.19. The molecule has 92 valence electrons. The maximum Gasteiger partial charge on any atom is 0.120 e. The van der Waals surface area contributed by atoms with Crippen LogP contribution in [0.3, 0.4) is 0 Å². The molecule has 1 aliphatic heterocycles. The van der Waals surface area contributed by atoms with E-state index in [0.717, 1.165) is 12.7 Å². The Hall–Kier alpha value is -0.280. The lowest BCUT2D eigenvalue weighted by atomic mass is 9.92. The highest BCUT2D eigenvalue weighted by molar-refractivity contribution is 9.10. The molecule has 0 amide bonds. The fourth-order valence-electron chi connectivity index (χ4n) is 2.29. The molecule has 1 aliphatic rings. The Kier molecular flexibility index (Phi) is 5.11. The molecule has 3 heteroatoms. The maximum absolute atomic E-state index is 10.4. The number of aryl methyl sites for hydroxylation is 1. The van der Waals surface area contributed by atoms with Crippen LogP contribution in [-0.2, 0) is 11.2 Å². The van der Waals surface area contributed by atoms with Crippen LogP contribution in [-0.4, -0.2) is 17.8 Å². The summed E-state index contributed by atoms with van der Waals surface area (Å²) in [6, 6.07) is 6.59. The molecule has 0 spiro atoms. The number of carbonyl (C=O) groups excluding carboxylic acids is 1. The number of carbonyl (C=O) groups is 1. The zero-order chi connectivity index (χ0) is 12.1. The zero-order valence-corrected chi connectivity index (χ0v) is 12.2. The van der Waals surface area contributed by atoms with Gasteiger partial charge in [-0.15, -0.1) is 0 Å². The summed E-state index contributed by atoms with van der Waals surface area (Å²) in [6.07, 6.45) is 5.03. The van der Waals surface area contributed by atoms with E-state index >= 15 is 0 Å². The van der Waals surface area contributed by atoms with Crippen LogP contribution < -0.4 is 0 Å². The van der Waals surface area contributed by atoms with E-state index in [2.05, 4.69) is 45.9 Å². The van der Waals surface area contributed by atoms with Crippen molar-refractivity contribution in [3.05, 3.63) is 33.8 Å². The van der Waals surface area contributed by atoms with Crippen LogP contribution in [0, 0.1) is 0 Å². The lowest BCUT2D eigenvalue weighted by molar-refractivity contribution is -0.107. The first-order chi connectivity index (χ1) is 8.31. The Morgan fingerprint density at radius 3 is 2.76 bits per heavy atom. The largest absolute Gasteiger partial charge is 0.303 e. The van der Waals surface area contributed by atoms with Crippen molar-refractivity contribution in [1.82, 2.24) is 0 Å². The summed E-state index contributed by atoms with van der Waals surface area (Å²) in [7, 11) is 0. The van der Waals surface area contributed by atoms with Gasteiger partial charge in [0.25, 0.3) is 0 Å². The average Bonchev–Trinajstić information content (AvgIpc) is 2.37. The van der Waals surface area contributed by atoms with Crippen molar-refractivity contribution in [2.75, 3.05) is 11.5 Å². The van der Waals surface area contributed by atoms with Crippen LogP contribution in [0.15, 0.2) is 22.7 Å². The van der Waals surface area contributed by atoms with Gasteiger partial charge in [0.05, 0.1) is 0 Å². The number of benzene rings is 1. The van der Waals surface area contributed by atoms with Gasteiger partial charge in [0.15, 0.2) is 0 Å². The van der Waals surface area contributed by atoms with E-state index in [0.29, 0.717) is 12.3 Å². The molecule has 0 saturated carbocycles. The number of hydrogen-bond donors (Lipinski definition) is 0. The normalized spacial score (nSPS) is 17.0. The minimum Gasteiger partial charge on any atom is -0.303 e. The molecule has 0 bridgehead atoms. The van der Waals surface area contributed by atoms with Gasteiger partial charge in [-0.1, -0.05) is 28.1 Å². The van der Waals surface area contributed by atoms with Crippen molar-refractivity contribution in [1.29, 1.82) is 0 Å². The third-order valence-corrected chi connectivity index (χ3v) is 5.01. The molecule has 1 aromatic rings. The van der Waals surface area contributed by atoms with Gasteiger partial charge in [0, 0.05) is 10.9 Å². The highest BCUT2D eigenvalue weighted by Crippen LogP contribution is 2.35. The molecule has 1 aromatic carbocycles. The Labute approximate surface area is 115 Å². The lowest BCUT2D eigenvalue weighted by Gasteiger charge is -2.23. The van der Waals surface area contributed by atoms with Crippen molar-refractivity contribution in [3.63, 3.8) is 0 Å². The summed E-state index contributed by atoms with van der Waals surface area (Å²) in [5, 5.41) is 0. The van der Waals surface area contributed by atoms with Gasteiger partial charge >= 0.3 is 0 Å². The molecule has 0 atom stereocenters. The molecular weight excluding hydrogens is 296 g/mol. The summed E-state index contributed by atoms with van der Waals surface area (Å²) in [4.78, 5) is 10.4. The van der Waals surface area contributed by atoms with E-state index < -0.39 is 0 Å². The van der Waals surface area contributed by atoms with Gasteiger partial charge in [-0.05, 0) is 53.9 Å². The maximum atomic E-state index is 10.4. The zero-order valence-electron chi connectivity index (χ0n) is 9.82. The van der Waals surface area contributed by atoms with Crippen LogP contribution in [0.2, 0.25) is 0 Å². The average molecular weight is 313 g/mol. The summed E-state index contributed by atoms with van der Waals surface area (Å²) in [5.41, 5.74) is 2.69. The van der Waals surface area contributed by atoms with Gasteiger partial charge in [0.2, 0.25) is 0 Å². The SMILES string of the molecule is O=CCCc1ccc(C2CCSCC2)c(Br)c1. The summed E-state index contributed by atoms with van der Waals surface area (Å²) < 4.78 is 1.22. The predicted molar refractivity (Wildman–Crippen MR) is 77.8 cm³/mol. The van der Waals surface area contributed by atoms with Gasteiger partial charge in [-0.25, -0.2) is 0 Å². The standard InChI is InChI=1S/C14H17BrOS/c15-14-10-11(2-1-7-16)3-4-13(14)12-5-8-17-9-6-12/h3-4,7,10,12H,1-2,5-6,8-9H2. The highest BCUT2D eigenvalue weighted by atomic mass is 79.9. The number of rotatable bonds is 4. The molecule has 1 fully saturated rings. The van der Waals surface area contributed by atoms with Gasteiger partial charge in [-0.2, -0.15) is 11.8 Å². The van der Waals surface area contributed by atoms with Crippen molar-refractivity contribution in [2.45, 2.75) is 31.6 Å². The van der Waals surface area contributed by atoms with Crippen molar-refractivity contribution < 1.29 is 4.79 Å². The summed E-state index contributed by atoms with van der Waals surface area (Å²) in [6.45, 7) is 0. The summed E-state index contributed by atoms with van der Waals surface area (Å²) in [5.74, 6) is 3.28. The Bertz CT molecular complexity index is 386. The quantitative estimate of drug-likeness (QED) is 0.775. The van der Waals surface area contributed by atoms with Crippen molar-refractivity contribution in [3.8, 4) is 0 Å². The minimum absolute atomic E-state index is 0.617. The number of aldehydes is 1. The minimum atomic E-state index is 0.617. The number of halogens is 1. The Morgan fingerprint density at radius 1 is 1.35 bits per heavy atom. The van der Waals surface area contributed by atoms with Crippen LogP contribution in [0.1, 0.15) is 36.3 Å². The Balaban J connectivity index is 2.10. The van der Waals surface area contributed by atoms with Crippen LogP contribution >= 0.6 is 27.7 Å². The second-order valence-electron chi connectivity index (χ2n) is 4.45. The van der Waals surface area contributed by atoms with Crippen LogP contribution in [0.25, 0.3) is 0 Å². The molecule has 1 heterocycles. The first-order valence-electron chi connectivity index (χ1n) is 6.11. The molecule has 0 aliphatic carbocycles. The van der Waals surface area contributed by atoms with Crippen molar-refractivity contribution >= 4 is 34.0 Å². The smallest absolute Gasteiger partial charge is 0.120 e. The number of hydrogen-bond acceptors (Lipinski definition) is 2. The monoisotopic (exact) mass is 312 g/mol. The molecule has 1 nitrogen and oxygen atoms in total. The van der Waals surface area contributed by atoms with Crippen LogP contribution in [0.5, 0.6) is 0 Å². The topological polar surface area (TPSA) is 17.1 Å². The third kappa shape index (κ3) is 3.59. The third-order valence-electron chi connectivity index (χ3n) is 3.28. The molecule has 0 radical (unpaired) electrons. The fourth-order valence-corrected chi connectivity index (χ4v) is 4.15. The highest BCUT2D eigenvalue weighted by Gasteiger charge is 2.17. The lowest BCUT2D eigenvalue weighted by Crippen LogP contribution is -2.08. The van der Waals surface area contributed by atoms with E-state index in [-0.39, 0.29) is 0 Å². The van der Waals surface area contributed by atoms with E-state index in [1.807, 2.05) is 0 Å². The Morgan fingerprint density at radius 2 is 2.12 bits per heavy atom. The molecule has 0 N–H and O–H groups in total. The molecule has 17 heavy (non-hydrogen) atoms. The fraction of sp³-hybridized carbons (Fsp3) is 0.500. The summed E-state index contributed by atoms with van der Waals surface area (Å²) >= 11 is 5.74.